The lowest BCUT2D eigenvalue weighted by atomic mass is 10.0. The summed E-state index contributed by atoms with van der Waals surface area (Å²) in [5, 5.41) is 67.7. The molecule has 0 aliphatic carbocycles. The number of rotatable bonds is 53. The maximum atomic E-state index is 14.0. The average molecular weight is 1250 g/mol. The zero-order valence-electron chi connectivity index (χ0n) is 51.1. The number of tetrazole rings is 1. The highest BCUT2D eigenvalue weighted by molar-refractivity contribution is 5.97. The number of unbranched alkanes of at least 4 members (excludes halogenated alkanes) is 14. The fourth-order valence-electron chi connectivity index (χ4n) is 9.81. The number of nitrogens with zero attached hydrogens (tertiary/aromatic N) is 5. The zero-order chi connectivity index (χ0) is 64.9. The molecule has 5 atom stereocenters. The van der Waals surface area contributed by atoms with Crippen LogP contribution < -0.4 is 48.7 Å². The van der Waals surface area contributed by atoms with Gasteiger partial charge in [-0.2, -0.15) is 0 Å². The van der Waals surface area contributed by atoms with Crippen molar-refractivity contribution in [3.05, 3.63) is 5.82 Å². The van der Waals surface area contributed by atoms with Gasteiger partial charge in [0.1, 0.15) is 42.6 Å². The Morgan fingerprint density at radius 2 is 1.15 bits per heavy atom. The maximum Gasteiger partial charge on any atom is 0.317 e. The predicted molar refractivity (Wildman–Crippen MR) is 318 cm³/mol. The van der Waals surface area contributed by atoms with Crippen LogP contribution in [0.1, 0.15) is 173 Å². The Morgan fingerprint density at radius 3 is 1.74 bits per heavy atom. The highest BCUT2D eigenvalue weighted by Gasteiger charge is 2.36. The number of amides is 8. The van der Waals surface area contributed by atoms with Crippen molar-refractivity contribution in [3.63, 3.8) is 0 Å². The molecule has 0 radical (unpaired) electrons. The summed E-state index contributed by atoms with van der Waals surface area (Å²) >= 11 is 0. The molecule has 1 aliphatic rings. The number of carbonyl (C=O) groups is 11. The van der Waals surface area contributed by atoms with Gasteiger partial charge in [0.05, 0.1) is 39.3 Å². The van der Waals surface area contributed by atoms with Gasteiger partial charge in [-0.1, -0.05) is 70.6 Å². The Bertz CT molecular complexity index is 2280. The summed E-state index contributed by atoms with van der Waals surface area (Å²) in [7, 11) is 0. The lowest BCUT2D eigenvalue weighted by Crippen LogP contribution is -2.59. The molecule has 1 fully saturated rings. The number of aliphatic carboxylic acids is 3. The van der Waals surface area contributed by atoms with Crippen LogP contribution in [0.5, 0.6) is 0 Å². The summed E-state index contributed by atoms with van der Waals surface area (Å²) in [5.74, 6) is -9.14. The quantitative estimate of drug-likeness (QED) is 0.0221. The van der Waals surface area contributed by atoms with E-state index in [-0.39, 0.29) is 109 Å². The van der Waals surface area contributed by atoms with Gasteiger partial charge in [0, 0.05) is 45.9 Å². The first kappa shape index (κ1) is 76.5. The average Bonchev–Trinajstić information content (AvgIpc) is 3.99. The van der Waals surface area contributed by atoms with E-state index in [9.17, 15) is 68.1 Å². The Hall–Kier alpha value is -7.61. The summed E-state index contributed by atoms with van der Waals surface area (Å²) < 4.78 is 10.9. The first-order chi connectivity index (χ1) is 42.2. The first-order valence-electron chi connectivity index (χ1n) is 30.8. The predicted octanol–water partition coefficient (Wildman–Crippen LogP) is -0.546. The standard InChI is InChI=1S/C56H98N16O16/c1-39(73)72-31-20-24-44(72)55(86)65-42(23-19-28-62-56(58)59)53(84)66-43(35-48(76)77)54(85)64-41(22-16-18-30-71(36-49(78)79)37-50(80)81)52(83)63-40(51(57)82)21-15-17-27-60-47(75)38-88-34-33-87-32-29-61-46(74)26-14-12-10-8-6-4-2-3-5-7-9-11-13-25-45-67-69-70-68-45/h40-44H,2-38H2,1H3,(H2,57,82)(H,60,75)(H,61,74)(H,63,83)(H,64,85)(H,65,86)(H,66,84)(H,76,77)(H,78,79)(H,80,81)(H4,58,59,62)(H,67,68,69,70)/t40-,41-,42-,43-,44-/m0/s1. The van der Waals surface area contributed by atoms with Crippen LogP contribution in [-0.2, 0) is 68.6 Å². The lowest BCUT2D eigenvalue weighted by Gasteiger charge is -2.27. The monoisotopic (exact) mass is 1250 g/mol. The van der Waals surface area contributed by atoms with Crippen molar-refractivity contribution in [2.45, 2.75) is 204 Å². The van der Waals surface area contributed by atoms with Gasteiger partial charge in [0.25, 0.3) is 0 Å². The number of carbonyl (C=O) groups excluding carboxylic acids is 8. The van der Waals surface area contributed by atoms with Crippen molar-refractivity contribution >= 4 is 71.1 Å². The number of primary amides is 1. The number of ether oxygens (including phenoxy) is 2. The third-order valence-electron chi connectivity index (χ3n) is 14.4. The van der Waals surface area contributed by atoms with E-state index in [2.05, 4.69) is 57.8 Å². The molecule has 32 heteroatoms. The Morgan fingerprint density at radius 1 is 0.614 bits per heavy atom. The van der Waals surface area contributed by atoms with Crippen LogP contribution in [0, 0.1) is 5.41 Å². The summed E-state index contributed by atoms with van der Waals surface area (Å²) in [4.78, 5) is 142. The highest BCUT2D eigenvalue weighted by atomic mass is 16.5. The molecule has 0 spiro atoms. The molecule has 88 heavy (non-hydrogen) atoms. The largest absolute Gasteiger partial charge is 0.481 e. The number of aryl methyl sites for hydroxylation is 1. The molecule has 32 nitrogen and oxygen atoms in total. The number of H-pyrrole nitrogens is 1. The fourth-order valence-corrected chi connectivity index (χ4v) is 9.81. The lowest BCUT2D eigenvalue weighted by molar-refractivity contribution is -0.142. The third kappa shape index (κ3) is 37.2. The summed E-state index contributed by atoms with van der Waals surface area (Å²) in [5.41, 5.74) is 11.0. The third-order valence-corrected chi connectivity index (χ3v) is 14.4. The molecule has 498 valence electrons. The van der Waals surface area contributed by atoms with Crippen molar-refractivity contribution < 1.29 is 77.5 Å². The molecule has 1 aromatic heterocycles. The van der Waals surface area contributed by atoms with Crippen molar-refractivity contribution in [2.24, 2.45) is 11.5 Å². The van der Waals surface area contributed by atoms with Crippen LogP contribution in [0.15, 0.2) is 0 Å². The molecule has 1 saturated heterocycles. The van der Waals surface area contributed by atoms with Gasteiger partial charge in [0.15, 0.2) is 5.96 Å². The van der Waals surface area contributed by atoms with Crippen LogP contribution in [0.4, 0.5) is 0 Å². The van der Waals surface area contributed by atoms with Crippen LogP contribution in [0.25, 0.3) is 0 Å². The number of nitrogens with one attached hydrogen (secondary N) is 9. The molecule has 2 heterocycles. The van der Waals surface area contributed by atoms with Crippen LogP contribution in [0.3, 0.4) is 0 Å². The minimum atomic E-state index is -1.85. The van der Waals surface area contributed by atoms with Gasteiger partial charge in [-0.15, -0.1) is 5.10 Å². The molecule has 16 N–H and O–H groups in total. The summed E-state index contributed by atoms with van der Waals surface area (Å²) in [6.07, 6.45) is 17.0. The van der Waals surface area contributed by atoms with Gasteiger partial charge in [0.2, 0.25) is 47.3 Å². The highest BCUT2D eigenvalue weighted by Crippen LogP contribution is 2.19. The van der Waals surface area contributed by atoms with Gasteiger partial charge in [-0.05, 0) is 94.0 Å². The molecular weight excluding hydrogens is 1150 g/mol. The van der Waals surface area contributed by atoms with Crippen molar-refractivity contribution in [2.75, 3.05) is 72.2 Å². The minimum absolute atomic E-state index is 0.0163. The van der Waals surface area contributed by atoms with Gasteiger partial charge >= 0.3 is 17.9 Å². The van der Waals surface area contributed by atoms with E-state index < -0.39 is 103 Å². The number of carboxylic acids is 3. The molecule has 2 rings (SSSR count). The van der Waals surface area contributed by atoms with Crippen LogP contribution in [0.2, 0.25) is 0 Å². The number of carboxylic acid groups (broad SMARTS) is 3. The van der Waals surface area contributed by atoms with Gasteiger partial charge in [-0.25, -0.2) is 5.10 Å². The van der Waals surface area contributed by atoms with Gasteiger partial charge < -0.3 is 78.4 Å². The van der Waals surface area contributed by atoms with Crippen molar-refractivity contribution in [3.8, 4) is 0 Å². The van der Waals surface area contributed by atoms with E-state index in [4.69, 9.17) is 26.4 Å². The summed E-state index contributed by atoms with van der Waals surface area (Å²) in [6, 6.07) is -6.96. The second-order valence-corrected chi connectivity index (χ2v) is 21.9. The molecule has 0 aromatic carbocycles. The van der Waals surface area contributed by atoms with Crippen molar-refractivity contribution in [1.29, 1.82) is 5.41 Å². The molecule has 1 aromatic rings. The SMILES string of the molecule is CC(=O)N1CCC[C@H]1C(=O)N[C@@H](CCCNC(=N)N)C(=O)N[C@@H](CC(=O)O)C(=O)N[C@@H](CCCCN(CC(=O)O)CC(=O)O)C(=O)N[C@@H](CCCCNC(=O)COCCOCCNC(=O)CCCCCCCCCCCCCCCc1nnn[nH]1)C(N)=O. The second kappa shape index (κ2) is 46.5. The second-order valence-electron chi connectivity index (χ2n) is 21.9. The molecule has 1 aliphatic heterocycles. The number of nitrogens with two attached hydrogens (primary N) is 2. The Kier molecular flexibility index (Phi) is 40.4. The zero-order valence-corrected chi connectivity index (χ0v) is 51.1. The Labute approximate surface area is 513 Å². The van der Waals surface area contributed by atoms with E-state index in [1.165, 1.54) is 69.6 Å². The molecule has 0 bridgehead atoms. The first-order valence-corrected chi connectivity index (χ1v) is 30.8. The Balaban J connectivity index is 1.81. The minimum Gasteiger partial charge on any atom is -0.481 e. The van der Waals surface area contributed by atoms with E-state index in [1.807, 2.05) is 0 Å². The number of aromatic nitrogens is 4. The molecule has 0 saturated carbocycles. The number of guanidine groups is 1. The maximum absolute atomic E-state index is 14.0. The number of hydrogen-bond acceptors (Lipinski definition) is 18. The number of hydrogen-bond donors (Lipinski definition) is 14. The normalized spacial score (nSPS) is 14.2. The van der Waals surface area contributed by atoms with E-state index in [0.717, 1.165) is 42.8 Å². The van der Waals surface area contributed by atoms with E-state index in [0.29, 0.717) is 38.8 Å². The van der Waals surface area contributed by atoms with E-state index >= 15 is 0 Å². The number of aromatic amines is 1. The number of likely N-dealkylation sites (tertiary alicyclic amines) is 1. The van der Waals surface area contributed by atoms with Gasteiger partial charge in [-0.3, -0.25) is 63.0 Å². The fraction of sp³-hybridized carbons (Fsp3) is 0.768. The summed E-state index contributed by atoms with van der Waals surface area (Å²) in [6.45, 7) is 1.28. The van der Waals surface area contributed by atoms with Crippen LogP contribution in [-0.4, -0.2) is 219 Å². The van der Waals surface area contributed by atoms with E-state index in [1.54, 1.807) is 0 Å². The topological polar surface area (TPSA) is 488 Å². The van der Waals surface area contributed by atoms with Crippen molar-refractivity contribution in [1.82, 2.24) is 67.6 Å². The smallest absolute Gasteiger partial charge is 0.317 e. The molecule has 8 amide bonds. The molecule has 0 unspecified atom stereocenters. The molecular formula is C56H98N16O16. The van der Waals surface area contributed by atoms with Crippen LogP contribution >= 0.6 is 0 Å².